The first-order chi connectivity index (χ1) is 16.6. The highest BCUT2D eigenvalue weighted by Crippen LogP contribution is 2.45. The summed E-state index contributed by atoms with van der Waals surface area (Å²) in [7, 11) is 0. The van der Waals surface area contributed by atoms with E-state index in [-0.39, 0.29) is 24.1 Å². The second kappa shape index (κ2) is 9.86. The first-order valence-corrected chi connectivity index (χ1v) is 11.6. The molecule has 4 rings (SSSR count). The molecule has 2 aromatic rings. The quantitative estimate of drug-likeness (QED) is 0.555. The molecular weight excluding hydrogens is 462 g/mol. The van der Waals surface area contributed by atoms with E-state index in [4.69, 9.17) is 10.00 Å². The van der Waals surface area contributed by atoms with Gasteiger partial charge in [0.15, 0.2) is 0 Å². The van der Waals surface area contributed by atoms with Gasteiger partial charge in [-0.25, -0.2) is 4.39 Å². The molecule has 0 spiro atoms. The highest BCUT2D eigenvalue weighted by Gasteiger charge is 2.51. The third-order valence-electron chi connectivity index (χ3n) is 7.07. The van der Waals surface area contributed by atoms with Gasteiger partial charge in [0, 0.05) is 43.9 Å². The van der Waals surface area contributed by atoms with E-state index in [2.05, 4.69) is 0 Å². The zero-order chi connectivity index (χ0) is 25.2. The second-order valence-electron chi connectivity index (χ2n) is 9.32. The number of hydrogen-bond donors (Lipinski definition) is 0. The summed E-state index contributed by atoms with van der Waals surface area (Å²) in [5.74, 6) is -0.281. The monoisotopic (exact) mass is 489 g/mol. The van der Waals surface area contributed by atoms with Crippen LogP contribution in [0.25, 0.3) is 0 Å². The van der Waals surface area contributed by atoms with Crippen LogP contribution in [0.5, 0.6) is 0 Å². The average molecular weight is 490 g/mol. The van der Waals surface area contributed by atoms with Gasteiger partial charge in [-0.1, -0.05) is 12.1 Å². The van der Waals surface area contributed by atoms with Gasteiger partial charge < -0.3 is 14.5 Å². The number of carbonyl (C=O) groups is 1. The lowest BCUT2D eigenvalue weighted by Crippen LogP contribution is -2.53. The zero-order valence-corrected chi connectivity index (χ0v) is 19.4. The average Bonchev–Trinajstić information content (AvgIpc) is 3.22. The predicted octanol–water partition coefficient (Wildman–Crippen LogP) is 4.65. The van der Waals surface area contributed by atoms with Gasteiger partial charge in [-0.15, -0.1) is 0 Å². The van der Waals surface area contributed by atoms with Crippen molar-refractivity contribution in [2.45, 2.75) is 25.9 Å². The molecule has 2 fully saturated rings. The Labute approximate surface area is 201 Å². The maximum atomic E-state index is 13.5. The summed E-state index contributed by atoms with van der Waals surface area (Å²) < 4.78 is 59.6. The van der Waals surface area contributed by atoms with Gasteiger partial charge in [0.2, 0.25) is 5.91 Å². The summed E-state index contributed by atoms with van der Waals surface area (Å²) in [6.45, 7) is 4.76. The van der Waals surface area contributed by atoms with Crippen LogP contribution in [0.3, 0.4) is 0 Å². The SMILES string of the molecule is CCOC[C@]12CN(C(=O)Cc3ccc(F)cc3)CC[C@H]1CN(c1ccc(C#N)c(C(F)(F)F)c1)C2. The first-order valence-electron chi connectivity index (χ1n) is 11.6. The molecule has 2 aromatic carbocycles. The number of hydrogen-bond acceptors (Lipinski definition) is 4. The van der Waals surface area contributed by atoms with Gasteiger partial charge in [0.05, 0.1) is 30.2 Å². The Bertz CT molecular complexity index is 1110. The van der Waals surface area contributed by atoms with E-state index in [1.807, 2.05) is 11.8 Å². The van der Waals surface area contributed by atoms with Crippen molar-refractivity contribution < 1.29 is 27.1 Å². The molecule has 0 radical (unpaired) electrons. The van der Waals surface area contributed by atoms with Crippen LogP contribution in [-0.2, 0) is 22.1 Å². The first kappa shape index (κ1) is 25.0. The highest BCUT2D eigenvalue weighted by atomic mass is 19.4. The van der Waals surface area contributed by atoms with Crippen LogP contribution >= 0.6 is 0 Å². The van der Waals surface area contributed by atoms with Crippen molar-refractivity contribution >= 4 is 11.6 Å². The molecular formula is C26H27F4N3O2. The van der Waals surface area contributed by atoms with Crippen molar-refractivity contribution in [3.05, 3.63) is 65.0 Å². The number of fused-ring (bicyclic) bond motifs is 1. The Kier molecular flexibility index (Phi) is 7.04. The summed E-state index contributed by atoms with van der Waals surface area (Å²) in [4.78, 5) is 16.8. The molecule has 9 heteroatoms. The minimum absolute atomic E-state index is 0.0675. The van der Waals surface area contributed by atoms with Gasteiger partial charge in [-0.3, -0.25) is 4.79 Å². The number of ether oxygens (including phenoxy) is 1. The number of rotatable bonds is 6. The Morgan fingerprint density at radius 2 is 1.94 bits per heavy atom. The van der Waals surface area contributed by atoms with Gasteiger partial charge in [-0.2, -0.15) is 18.4 Å². The van der Waals surface area contributed by atoms with Crippen molar-refractivity contribution in [3.8, 4) is 6.07 Å². The number of amides is 1. The smallest absolute Gasteiger partial charge is 0.381 e. The molecule has 35 heavy (non-hydrogen) atoms. The Morgan fingerprint density at radius 3 is 2.60 bits per heavy atom. The van der Waals surface area contributed by atoms with Crippen LogP contribution < -0.4 is 4.90 Å². The van der Waals surface area contributed by atoms with Crippen LogP contribution in [0.1, 0.15) is 30.0 Å². The topological polar surface area (TPSA) is 56.6 Å². The van der Waals surface area contributed by atoms with Crippen molar-refractivity contribution in [2.75, 3.05) is 44.3 Å². The highest BCUT2D eigenvalue weighted by molar-refractivity contribution is 5.79. The fraction of sp³-hybridized carbons (Fsp3) is 0.462. The minimum atomic E-state index is -4.62. The molecule has 0 N–H and O–H groups in total. The zero-order valence-electron chi connectivity index (χ0n) is 19.4. The van der Waals surface area contributed by atoms with Crippen LogP contribution in [0.15, 0.2) is 42.5 Å². The number of alkyl halides is 3. The summed E-state index contributed by atoms with van der Waals surface area (Å²) in [6.07, 6.45) is -3.76. The van der Waals surface area contributed by atoms with E-state index in [0.29, 0.717) is 51.5 Å². The lowest BCUT2D eigenvalue weighted by Gasteiger charge is -2.44. The van der Waals surface area contributed by atoms with E-state index in [9.17, 15) is 22.4 Å². The summed E-state index contributed by atoms with van der Waals surface area (Å²) >= 11 is 0. The number of halogens is 4. The van der Waals surface area contributed by atoms with Crippen molar-refractivity contribution in [3.63, 3.8) is 0 Å². The lowest BCUT2D eigenvalue weighted by atomic mass is 9.73. The molecule has 186 valence electrons. The maximum absolute atomic E-state index is 13.5. The number of anilines is 1. The van der Waals surface area contributed by atoms with Gasteiger partial charge >= 0.3 is 6.18 Å². The Morgan fingerprint density at radius 1 is 1.20 bits per heavy atom. The van der Waals surface area contributed by atoms with Crippen LogP contribution in [0, 0.1) is 28.5 Å². The van der Waals surface area contributed by atoms with Gasteiger partial charge in [0.1, 0.15) is 5.82 Å². The Hall–Kier alpha value is -3.12. The van der Waals surface area contributed by atoms with E-state index in [0.717, 1.165) is 11.6 Å². The second-order valence-corrected chi connectivity index (χ2v) is 9.32. The molecule has 0 unspecified atom stereocenters. The van der Waals surface area contributed by atoms with Crippen molar-refractivity contribution in [2.24, 2.45) is 11.3 Å². The molecule has 5 nitrogen and oxygen atoms in total. The normalized spacial score (nSPS) is 22.1. The molecule has 0 saturated carbocycles. The van der Waals surface area contributed by atoms with Crippen molar-refractivity contribution in [1.29, 1.82) is 5.26 Å². The summed E-state index contributed by atoms with van der Waals surface area (Å²) in [6, 6.07) is 11.3. The van der Waals surface area contributed by atoms with Crippen LogP contribution in [0.2, 0.25) is 0 Å². The van der Waals surface area contributed by atoms with Gasteiger partial charge in [0.25, 0.3) is 0 Å². The number of carbonyl (C=O) groups excluding carboxylic acids is 1. The maximum Gasteiger partial charge on any atom is 0.417 e. The van der Waals surface area contributed by atoms with Crippen LogP contribution in [0.4, 0.5) is 23.2 Å². The Balaban J connectivity index is 1.56. The summed E-state index contributed by atoms with van der Waals surface area (Å²) in [5, 5.41) is 9.11. The molecule has 0 aromatic heterocycles. The number of benzene rings is 2. The number of piperidine rings is 1. The van der Waals surface area contributed by atoms with E-state index in [1.165, 1.54) is 18.2 Å². The van der Waals surface area contributed by atoms with E-state index in [1.54, 1.807) is 29.2 Å². The molecule has 0 aliphatic carbocycles. The standard InChI is InChI=1S/C26H27F4N3O2/c1-2-35-17-25-15-32(24(34)11-18-3-6-21(27)7-4-18)10-9-20(25)14-33(16-25)22-8-5-19(13-31)23(12-22)26(28,29)30/h3-8,12,20H,2,9-11,14-17H2,1H3/t20-,25+/m0/s1. The van der Waals surface area contributed by atoms with Crippen molar-refractivity contribution in [1.82, 2.24) is 4.90 Å². The number of nitrogens with zero attached hydrogens (tertiary/aromatic N) is 3. The third kappa shape index (κ3) is 5.27. The summed E-state index contributed by atoms with van der Waals surface area (Å²) in [5.41, 5.74) is -0.630. The fourth-order valence-corrected chi connectivity index (χ4v) is 5.25. The fourth-order valence-electron chi connectivity index (χ4n) is 5.25. The number of nitriles is 1. The molecule has 2 atom stereocenters. The largest absolute Gasteiger partial charge is 0.417 e. The third-order valence-corrected chi connectivity index (χ3v) is 7.07. The molecule has 2 aliphatic rings. The van der Waals surface area contributed by atoms with E-state index < -0.39 is 22.7 Å². The lowest BCUT2D eigenvalue weighted by molar-refractivity contribution is -0.138. The number of likely N-dealkylation sites (tertiary alicyclic amines) is 1. The molecule has 1 amide bonds. The minimum Gasteiger partial charge on any atom is -0.381 e. The predicted molar refractivity (Wildman–Crippen MR) is 122 cm³/mol. The molecule has 2 saturated heterocycles. The molecule has 0 bridgehead atoms. The molecule has 2 heterocycles. The van der Waals surface area contributed by atoms with Gasteiger partial charge in [-0.05, 0) is 55.2 Å². The van der Waals surface area contributed by atoms with E-state index >= 15 is 0 Å². The van der Waals surface area contributed by atoms with Crippen LogP contribution in [-0.4, -0.2) is 50.2 Å². The molecule has 2 aliphatic heterocycles.